The van der Waals surface area contributed by atoms with Gasteiger partial charge in [-0.05, 0) is 36.2 Å². The van der Waals surface area contributed by atoms with Crippen molar-refractivity contribution in [1.29, 1.82) is 0 Å². The van der Waals surface area contributed by atoms with Crippen LogP contribution in [-0.4, -0.2) is 15.9 Å². The van der Waals surface area contributed by atoms with Crippen LogP contribution >= 0.6 is 0 Å². The summed E-state index contributed by atoms with van der Waals surface area (Å²) in [6.07, 6.45) is 4.35. The zero-order valence-electron chi connectivity index (χ0n) is 10.7. The Bertz CT molecular complexity index is 750. The number of pyridine rings is 1. The standard InChI is InChI=1S/C15H13N3O2/c16-14(19)6-4-10-3-5-13-12(8-10)18-15(20-13)11-2-1-7-17-9-11/h1-3,5,7-9H,4,6H2,(H2,16,19). The third-order valence-electron chi connectivity index (χ3n) is 3.02. The quantitative estimate of drug-likeness (QED) is 0.786. The van der Waals surface area contributed by atoms with Crippen LogP contribution in [0.3, 0.4) is 0 Å². The maximum atomic E-state index is 10.8. The third-order valence-corrected chi connectivity index (χ3v) is 3.02. The number of benzene rings is 1. The SMILES string of the molecule is NC(=O)CCc1ccc2oc(-c3cccnc3)nc2c1. The van der Waals surface area contributed by atoms with Crippen LogP contribution in [-0.2, 0) is 11.2 Å². The molecule has 1 amide bonds. The topological polar surface area (TPSA) is 82.0 Å². The molecule has 0 fully saturated rings. The highest BCUT2D eigenvalue weighted by molar-refractivity contribution is 5.77. The Labute approximate surface area is 115 Å². The van der Waals surface area contributed by atoms with Crippen LogP contribution in [0.4, 0.5) is 0 Å². The molecule has 0 atom stereocenters. The van der Waals surface area contributed by atoms with Crippen LogP contribution in [0.15, 0.2) is 47.1 Å². The molecule has 0 aliphatic carbocycles. The van der Waals surface area contributed by atoms with Crippen molar-refractivity contribution >= 4 is 17.0 Å². The fourth-order valence-corrected chi connectivity index (χ4v) is 2.01. The molecule has 100 valence electrons. The molecule has 0 saturated carbocycles. The number of nitrogens with zero attached hydrogens (tertiary/aromatic N) is 2. The molecule has 2 heterocycles. The van der Waals surface area contributed by atoms with Crippen molar-refractivity contribution in [1.82, 2.24) is 9.97 Å². The minimum Gasteiger partial charge on any atom is -0.436 e. The summed E-state index contributed by atoms with van der Waals surface area (Å²) >= 11 is 0. The Morgan fingerprint density at radius 2 is 2.20 bits per heavy atom. The zero-order chi connectivity index (χ0) is 13.9. The Morgan fingerprint density at radius 3 is 2.95 bits per heavy atom. The second-order valence-electron chi connectivity index (χ2n) is 4.53. The lowest BCUT2D eigenvalue weighted by Crippen LogP contribution is -2.11. The van der Waals surface area contributed by atoms with Crippen LogP contribution in [0.5, 0.6) is 0 Å². The van der Waals surface area contributed by atoms with Gasteiger partial charge < -0.3 is 10.2 Å². The van der Waals surface area contributed by atoms with Gasteiger partial charge in [0.25, 0.3) is 0 Å². The minimum atomic E-state index is -0.304. The number of carbonyl (C=O) groups is 1. The van der Waals surface area contributed by atoms with Crippen molar-refractivity contribution in [2.24, 2.45) is 5.73 Å². The molecular formula is C15H13N3O2. The summed E-state index contributed by atoms with van der Waals surface area (Å²) in [7, 11) is 0. The van der Waals surface area contributed by atoms with Gasteiger partial charge in [0.2, 0.25) is 11.8 Å². The van der Waals surface area contributed by atoms with Crippen molar-refractivity contribution in [2.75, 3.05) is 0 Å². The summed E-state index contributed by atoms with van der Waals surface area (Å²) in [6, 6.07) is 9.43. The number of rotatable bonds is 4. The molecule has 0 saturated heterocycles. The third kappa shape index (κ3) is 2.51. The number of oxazole rings is 1. The van der Waals surface area contributed by atoms with Crippen LogP contribution in [0.2, 0.25) is 0 Å². The lowest BCUT2D eigenvalue weighted by molar-refractivity contribution is -0.117. The van der Waals surface area contributed by atoms with Crippen molar-refractivity contribution < 1.29 is 9.21 Å². The number of aryl methyl sites for hydroxylation is 1. The number of fused-ring (bicyclic) bond motifs is 1. The monoisotopic (exact) mass is 267 g/mol. The average Bonchev–Trinajstić information content (AvgIpc) is 2.89. The fourth-order valence-electron chi connectivity index (χ4n) is 2.01. The lowest BCUT2D eigenvalue weighted by atomic mass is 10.1. The molecular weight excluding hydrogens is 254 g/mol. The Kier molecular flexibility index (Phi) is 3.16. The van der Waals surface area contributed by atoms with E-state index in [4.69, 9.17) is 10.2 Å². The highest BCUT2D eigenvalue weighted by Gasteiger charge is 2.09. The number of primary amides is 1. The molecule has 1 aromatic carbocycles. The van der Waals surface area contributed by atoms with Crippen LogP contribution in [0.1, 0.15) is 12.0 Å². The number of amides is 1. The molecule has 0 bridgehead atoms. The summed E-state index contributed by atoms with van der Waals surface area (Å²) in [5.74, 6) is 0.237. The van der Waals surface area contributed by atoms with Gasteiger partial charge >= 0.3 is 0 Å². The molecule has 2 aromatic heterocycles. The smallest absolute Gasteiger partial charge is 0.228 e. The summed E-state index contributed by atoms with van der Waals surface area (Å²) in [5.41, 5.74) is 8.49. The van der Waals surface area contributed by atoms with Gasteiger partial charge in [0.1, 0.15) is 5.52 Å². The maximum absolute atomic E-state index is 10.8. The van der Waals surface area contributed by atoms with E-state index < -0.39 is 0 Å². The fraction of sp³-hybridized carbons (Fsp3) is 0.133. The first-order valence-corrected chi connectivity index (χ1v) is 6.30. The number of carbonyl (C=O) groups excluding carboxylic acids is 1. The summed E-state index contributed by atoms with van der Waals surface area (Å²) in [6.45, 7) is 0. The largest absolute Gasteiger partial charge is 0.436 e. The Balaban J connectivity index is 1.93. The second-order valence-corrected chi connectivity index (χ2v) is 4.53. The van der Waals surface area contributed by atoms with Gasteiger partial charge in [0, 0.05) is 18.8 Å². The minimum absolute atomic E-state index is 0.304. The van der Waals surface area contributed by atoms with Crippen molar-refractivity contribution in [2.45, 2.75) is 12.8 Å². The van der Waals surface area contributed by atoms with Crippen molar-refractivity contribution in [3.05, 3.63) is 48.3 Å². The predicted octanol–water partition coefficient (Wildman–Crippen LogP) is 2.31. The van der Waals surface area contributed by atoms with Gasteiger partial charge in [-0.15, -0.1) is 0 Å². The normalized spacial score (nSPS) is 10.8. The zero-order valence-corrected chi connectivity index (χ0v) is 10.7. The van der Waals surface area contributed by atoms with E-state index in [2.05, 4.69) is 9.97 Å². The number of hydrogen-bond donors (Lipinski definition) is 1. The Hall–Kier alpha value is -2.69. The second kappa shape index (κ2) is 5.13. The highest BCUT2D eigenvalue weighted by Crippen LogP contribution is 2.24. The van der Waals surface area contributed by atoms with Crippen LogP contribution < -0.4 is 5.73 Å². The van der Waals surface area contributed by atoms with E-state index in [1.54, 1.807) is 12.4 Å². The maximum Gasteiger partial charge on any atom is 0.228 e. The molecule has 5 nitrogen and oxygen atoms in total. The average molecular weight is 267 g/mol. The lowest BCUT2D eigenvalue weighted by Gasteiger charge is -1.97. The van der Waals surface area contributed by atoms with Gasteiger partial charge in [-0.1, -0.05) is 6.07 Å². The molecule has 0 spiro atoms. The van der Waals surface area contributed by atoms with Crippen molar-refractivity contribution in [3.8, 4) is 11.5 Å². The van der Waals surface area contributed by atoms with Gasteiger partial charge in [0.15, 0.2) is 5.58 Å². The van der Waals surface area contributed by atoms with Crippen LogP contribution in [0.25, 0.3) is 22.6 Å². The predicted molar refractivity (Wildman–Crippen MR) is 74.8 cm³/mol. The summed E-state index contributed by atoms with van der Waals surface area (Å²) in [5, 5.41) is 0. The molecule has 3 aromatic rings. The van der Waals surface area contributed by atoms with Gasteiger partial charge in [0.05, 0.1) is 5.56 Å². The summed E-state index contributed by atoms with van der Waals surface area (Å²) in [4.78, 5) is 19.3. The van der Waals surface area contributed by atoms with Gasteiger partial charge in [-0.3, -0.25) is 9.78 Å². The van der Waals surface area contributed by atoms with Gasteiger partial charge in [-0.25, -0.2) is 4.98 Å². The number of nitrogens with two attached hydrogens (primary N) is 1. The van der Waals surface area contributed by atoms with E-state index in [0.29, 0.717) is 24.3 Å². The first kappa shape index (κ1) is 12.3. The highest BCUT2D eigenvalue weighted by atomic mass is 16.3. The van der Waals surface area contributed by atoms with E-state index in [-0.39, 0.29) is 5.91 Å². The molecule has 0 unspecified atom stereocenters. The van der Waals surface area contributed by atoms with Crippen LogP contribution in [0, 0.1) is 0 Å². The molecule has 0 aliphatic heterocycles. The molecule has 0 aliphatic rings. The first-order chi connectivity index (χ1) is 9.72. The molecule has 3 rings (SSSR count). The van der Waals surface area contributed by atoms with E-state index in [9.17, 15) is 4.79 Å². The van der Waals surface area contributed by atoms with Gasteiger partial charge in [-0.2, -0.15) is 0 Å². The molecule has 0 radical (unpaired) electrons. The number of hydrogen-bond acceptors (Lipinski definition) is 4. The first-order valence-electron chi connectivity index (χ1n) is 6.30. The number of aromatic nitrogens is 2. The molecule has 5 heteroatoms. The molecule has 20 heavy (non-hydrogen) atoms. The van der Waals surface area contributed by atoms with E-state index in [0.717, 1.165) is 16.6 Å². The molecule has 2 N–H and O–H groups in total. The summed E-state index contributed by atoms with van der Waals surface area (Å²) < 4.78 is 5.69. The van der Waals surface area contributed by atoms with E-state index in [1.165, 1.54) is 0 Å². The van der Waals surface area contributed by atoms with E-state index >= 15 is 0 Å². The van der Waals surface area contributed by atoms with Crippen molar-refractivity contribution in [3.63, 3.8) is 0 Å². The Morgan fingerprint density at radius 1 is 1.30 bits per heavy atom. The van der Waals surface area contributed by atoms with E-state index in [1.807, 2.05) is 30.3 Å².